The van der Waals surface area contributed by atoms with Gasteiger partial charge in [0.25, 0.3) is 5.91 Å². The van der Waals surface area contributed by atoms with Gasteiger partial charge in [-0.3, -0.25) is 4.79 Å². The van der Waals surface area contributed by atoms with Crippen molar-refractivity contribution in [2.45, 2.75) is 13.0 Å². The summed E-state index contributed by atoms with van der Waals surface area (Å²) in [6, 6.07) is 12.6. The van der Waals surface area contributed by atoms with E-state index in [-0.39, 0.29) is 24.2 Å². The molecule has 1 heterocycles. The SMILES string of the molecule is CCNC(=O)c1ccc(NC(CO)c2ccccc2)nn1. The van der Waals surface area contributed by atoms with Crippen LogP contribution in [0, 0.1) is 0 Å². The van der Waals surface area contributed by atoms with Crippen molar-refractivity contribution in [1.29, 1.82) is 0 Å². The first-order chi connectivity index (χ1) is 10.2. The zero-order valence-electron chi connectivity index (χ0n) is 11.8. The molecule has 0 saturated carbocycles. The third kappa shape index (κ3) is 4.00. The van der Waals surface area contributed by atoms with Crippen LogP contribution in [0.3, 0.4) is 0 Å². The van der Waals surface area contributed by atoms with Crippen LogP contribution in [0.4, 0.5) is 5.82 Å². The Hall–Kier alpha value is -2.47. The molecule has 1 aromatic heterocycles. The zero-order chi connectivity index (χ0) is 15.1. The van der Waals surface area contributed by atoms with Gasteiger partial charge in [-0.15, -0.1) is 10.2 Å². The van der Waals surface area contributed by atoms with Crippen molar-refractivity contribution in [3.8, 4) is 0 Å². The van der Waals surface area contributed by atoms with E-state index < -0.39 is 0 Å². The molecule has 110 valence electrons. The number of aliphatic hydroxyl groups is 1. The number of rotatable bonds is 6. The van der Waals surface area contributed by atoms with Crippen molar-refractivity contribution in [2.24, 2.45) is 0 Å². The lowest BCUT2D eigenvalue weighted by atomic mass is 10.1. The Morgan fingerprint density at radius 3 is 2.52 bits per heavy atom. The highest BCUT2D eigenvalue weighted by molar-refractivity contribution is 5.92. The second-order valence-electron chi connectivity index (χ2n) is 4.45. The van der Waals surface area contributed by atoms with E-state index in [0.717, 1.165) is 5.56 Å². The number of nitrogens with one attached hydrogen (secondary N) is 2. The molecule has 1 amide bonds. The van der Waals surface area contributed by atoms with E-state index in [4.69, 9.17) is 0 Å². The number of aromatic nitrogens is 2. The molecule has 6 heteroatoms. The highest BCUT2D eigenvalue weighted by Gasteiger charge is 2.12. The standard InChI is InChI=1S/C15H18N4O2/c1-2-16-15(21)12-8-9-14(19-18-12)17-13(10-20)11-6-4-3-5-7-11/h3-9,13,20H,2,10H2,1H3,(H,16,21)(H,17,19). The van der Waals surface area contributed by atoms with E-state index in [1.54, 1.807) is 12.1 Å². The fourth-order valence-electron chi connectivity index (χ4n) is 1.88. The van der Waals surface area contributed by atoms with E-state index in [2.05, 4.69) is 20.8 Å². The second-order valence-corrected chi connectivity index (χ2v) is 4.45. The molecule has 3 N–H and O–H groups in total. The van der Waals surface area contributed by atoms with Gasteiger partial charge in [-0.2, -0.15) is 0 Å². The van der Waals surface area contributed by atoms with Crippen molar-refractivity contribution in [3.05, 3.63) is 53.7 Å². The average Bonchev–Trinajstić information content (AvgIpc) is 2.54. The van der Waals surface area contributed by atoms with E-state index in [9.17, 15) is 9.90 Å². The minimum absolute atomic E-state index is 0.0657. The Morgan fingerprint density at radius 1 is 1.19 bits per heavy atom. The lowest BCUT2D eigenvalue weighted by Crippen LogP contribution is -2.24. The summed E-state index contributed by atoms with van der Waals surface area (Å²) in [5.74, 6) is 0.254. The summed E-state index contributed by atoms with van der Waals surface area (Å²) < 4.78 is 0. The number of hydrogen-bond acceptors (Lipinski definition) is 5. The van der Waals surface area contributed by atoms with E-state index in [1.807, 2.05) is 37.3 Å². The predicted molar refractivity (Wildman–Crippen MR) is 79.9 cm³/mol. The van der Waals surface area contributed by atoms with Crippen molar-refractivity contribution in [1.82, 2.24) is 15.5 Å². The van der Waals surface area contributed by atoms with Gasteiger partial charge >= 0.3 is 0 Å². The van der Waals surface area contributed by atoms with Gasteiger partial charge in [0.2, 0.25) is 0 Å². The van der Waals surface area contributed by atoms with Gasteiger partial charge in [0.05, 0.1) is 12.6 Å². The Morgan fingerprint density at radius 2 is 1.95 bits per heavy atom. The Bertz CT molecular complexity index is 572. The van der Waals surface area contributed by atoms with Gasteiger partial charge in [-0.05, 0) is 24.6 Å². The summed E-state index contributed by atoms with van der Waals surface area (Å²) in [6.45, 7) is 2.32. The molecule has 0 spiro atoms. The van der Waals surface area contributed by atoms with E-state index >= 15 is 0 Å². The summed E-state index contributed by atoms with van der Waals surface area (Å²) in [7, 11) is 0. The van der Waals surface area contributed by atoms with Gasteiger partial charge < -0.3 is 15.7 Å². The van der Waals surface area contributed by atoms with Crippen LogP contribution in [0.2, 0.25) is 0 Å². The molecular formula is C15H18N4O2. The topological polar surface area (TPSA) is 87.1 Å². The first kappa shape index (κ1) is 14.9. The van der Waals surface area contributed by atoms with Crippen LogP contribution in [0.5, 0.6) is 0 Å². The predicted octanol–water partition coefficient (Wildman–Crippen LogP) is 1.37. The Kier molecular flexibility index (Phi) is 5.22. The number of carbonyl (C=O) groups is 1. The minimum Gasteiger partial charge on any atom is -0.394 e. The Balaban J connectivity index is 2.07. The summed E-state index contributed by atoms with van der Waals surface area (Å²) in [5.41, 5.74) is 1.22. The van der Waals surface area contributed by atoms with Crippen LogP contribution in [0.25, 0.3) is 0 Å². The molecule has 2 aromatic rings. The molecule has 0 radical (unpaired) electrons. The van der Waals surface area contributed by atoms with Gasteiger partial charge in [-0.25, -0.2) is 0 Å². The molecular weight excluding hydrogens is 268 g/mol. The minimum atomic E-state index is -0.268. The van der Waals surface area contributed by atoms with Crippen molar-refractivity contribution >= 4 is 11.7 Å². The summed E-state index contributed by atoms with van der Waals surface area (Å²) >= 11 is 0. The monoisotopic (exact) mass is 286 g/mol. The molecule has 0 saturated heterocycles. The molecule has 0 aliphatic rings. The Labute approximate surface area is 123 Å². The maximum Gasteiger partial charge on any atom is 0.271 e. The quantitative estimate of drug-likeness (QED) is 0.746. The molecule has 2 rings (SSSR count). The fraction of sp³-hybridized carbons (Fsp3) is 0.267. The maximum atomic E-state index is 11.6. The van der Waals surface area contributed by atoms with Crippen LogP contribution in [-0.2, 0) is 0 Å². The van der Waals surface area contributed by atoms with Crippen LogP contribution < -0.4 is 10.6 Å². The largest absolute Gasteiger partial charge is 0.394 e. The zero-order valence-corrected chi connectivity index (χ0v) is 11.8. The lowest BCUT2D eigenvalue weighted by molar-refractivity contribution is 0.0950. The third-order valence-electron chi connectivity index (χ3n) is 2.94. The van der Waals surface area contributed by atoms with Crippen LogP contribution >= 0.6 is 0 Å². The number of carbonyl (C=O) groups excluding carboxylic acids is 1. The molecule has 1 unspecified atom stereocenters. The number of benzene rings is 1. The number of amides is 1. The molecule has 1 atom stereocenters. The summed E-state index contributed by atoms with van der Waals surface area (Å²) in [5, 5.41) is 23.1. The van der Waals surface area contributed by atoms with Crippen molar-refractivity contribution in [3.63, 3.8) is 0 Å². The number of aliphatic hydroxyl groups excluding tert-OH is 1. The fourth-order valence-corrected chi connectivity index (χ4v) is 1.88. The van der Waals surface area contributed by atoms with Crippen LogP contribution in [0.15, 0.2) is 42.5 Å². The molecule has 6 nitrogen and oxygen atoms in total. The second kappa shape index (κ2) is 7.35. The van der Waals surface area contributed by atoms with Gasteiger partial charge in [0, 0.05) is 6.54 Å². The van der Waals surface area contributed by atoms with Crippen LogP contribution in [-0.4, -0.2) is 34.4 Å². The number of anilines is 1. The average molecular weight is 286 g/mol. The third-order valence-corrected chi connectivity index (χ3v) is 2.94. The first-order valence-corrected chi connectivity index (χ1v) is 6.79. The van der Waals surface area contributed by atoms with Gasteiger partial charge in [-0.1, -0.05) is 30.3 Å². The highest BCUT2D eigenvalue weighted by Crippen LogP contribution is 2.17. The molecule has 21 heavy (non-hydrogen) atoms. The van der Waals surface area contributed by atoms with E-state index in [1.165, 1.54) is 0 Å². The number of hydrogen-bond donors (Lipinski definition) is 3. The molecule has 1 aromatic carbocycles. The molecule has 0 fully saturated rings. The number of nitrogens with zero attached hydrogens (tertiary/aromatic N) is 2. The van der Waals surface area contributed by atoms with Crippen molar-refractivity contribution in [2.75, 3.05) is 18.5 Å². The molecule has 0 aliphatic carbocycles. The maximum absolute atomic E-state index is 11.6. The molecule has 0 bridgehead atoms. The van der Waals surface area contributed by atoms with Gasteiger partial charge in [0.15, 0.2) is 5.69 Å². The lowest BCUT2D eigenvalue weighted by Gasteiger charge is -2.16. The smallest absolute Gasteiger partial charge is 0.271 e. The highest BCUT2D eigenvalue weighted by atomic mass is 16.3. The summed E-state index contributed by atoms with van der Waals surface area (Å²) in [4.78, 5) is 11.6. The normalized spacial score (nSPS) is 11.7. The van der Waals surface area contributed by atoms with Crippen molar-refractivity contribution < 1.29 is 9.90 Å². The molecule has 0 aliphatic heterocycles. The van der Waals surface area contributed by atoms with E-state index in [0.29, 0.717) is 12.4 Å². The first-order valence-electron chi connectivity index (χ1n) is 6.79. The van der Waals surface area contributed by atoms with Gasteiger partial charge in [0.1, 0.15) is 5.82 Å². The van der Waals surface area contributed by atoms with Crippen LogP contribution in [0.1, 0.15) is 29.0 Å². The summed E-state index contributed by atoms with van der Waals surface area (Å²) in [6.07, 6.45) is 0.